The van der Waals surface area contributed by atoms with Gasteiger partial charge in [-0.2, -0.15) is 8.42 Å². The first-order valence-corrected chi connectivity index (χ1v) is 9.85. The van der Waals surface area contributed by atoms with Crippen molar-refractivity contribution in [2.24, 2.45) is 0 Å². The predicted octanol–water partition coefficient (Wildman–Crippen LogP) is 4.22. The van der Waals surface area contributed by atoms with Gasteiger partial charge in [-0.05, 0) is 24.3 Å². The number of aromatic nitrogens is 1. The third-order valence-corrected chi connectivity index (χ3v) is 5.70. The van der Waals surface area contributed by atoms with Crippen molar-refractivity contribution in [3.05, 3.63) is 72.9 Å². The molecule has 0 radical (unpaired) electrons. The Labute approximate surface area is 158 Å². The van der Waals surface area contributed by atoms with E-state index >= 15 is 0 Å². The van der Waals surface area contributed by atoms with Crippen LogP contribution in [0.15, 0.2) is 77.8 Å². The summed E-state index contributed by atoms with van der Waals surface area (Å²) in [4.78, 5) is 6.35. The highest BCUT2D eigenvalue weighted by Gasteiger charge is 2.22. The van der Waals surface area contributed by atoms with Crippen molar-refractivity contribution < 1.29 is 12.6 Å². The summed E-state index contributed by atoms with van der Waals surface area (Å²) in [5, 5.41) is 2.29. The lowest BCUT2D eigenvalue weighted by molar-refractivity contribution is 0.489. The summed E-state index contributed by atoms with van der Waals surface area (Å²) < 4.78 is 31.7. The summed E-state index contributed by atoms with van der Waals surface area (Å²) >= 11 is 0. The zero-order valence-corrected chi connectivity index (χ0v) is 15.8. The predicted molar refractivity (Wildman–Crippen MR) is 108 cm³/mol. The van der Waals surface area contributed by atoms with Crippen LogP contribution in [0, 0.1) is 0 Å². The molecule has 0 spiro atoms. The minimum atomic E-state index is -4.03. The van der Waals surface area contributed by atoms with E-state index < -0.39 is 10.1 Å². The molecule has 136 valence electrons. The first-order valence-electron chi connectivity index (χ1n) is 8.45. The molecule has 0 saturated carbocycles. The van der Waals surface area contributed by atoms with Gasteiger partial charge < -0.3 is 9.08 Å². The molecule has 0 bridgehead atoms. The average molecular weight is 378 g/mol. The molecule has 0 aliphatic heterocycles. The van der Waals surface area contributed by atoms with Gasteiger partial charge in [0.15, 0.2) is 5.75 Å². The Kier molecular flexibility index (Phi) is 4.20. The van der Waals surface area contributed by atoms with Crippen LogP contribution >= 0.6 is 0 Å². The summed E-state index contributed by atoms with van der Waals surface area (Å²) in [6.07, 6.45) is 1.61. The lowest BCUT2D eigenvalue weighted by Crippen LogP contribution is -2.12. The second-order valence-electron chi connectivity index (χ2n) is 6.39. The quantitative estimate of drug-likeness (QED) is 0.498. The minimum absolute atomic E-state index is 0.136. The fourth-order valence-corrected chi connectivity index (χ4v) is 4.33. The fourth-order valence-electron chi connectivity index (χ4n) is 3.18. The van der Waals surface area contributed by atoms with E-state index in [9.17, 15) is 8.42 Å². The Bertz CT molecular complexity index is 1250. The van der Waals surface area contributed by atoms with Crippen LogP contribution in [0.25, 0.3) is 21.7 Å². The van der Waals surface area contributed by atoms with Gasteiger partial charge in [0.05, 0.1) is 0 Å². The van der Waals surface area contributed by atoms with Crippen molar-refractivity contribution in [3.8, 4) is 5.75 Å². The first kappa shape index (κ1) is 17.3. The van der Waals surface area contributed by atoms with Gasteiger partial charge in [0, 0.05) is 42.1 Å². The maximum Gasteiger partial charge on any atom is 0.339 e. The van der Waals surface area contributed by atoms with Crippen molar-refractivity contribution in [2.45, 2.75) is 4.90 Å². The van der Waals surface area contributed by atoms with E-state index in [0.717, 1.165) is 16.5 Å². The highest BCUT2D eigenvalue weighted by Crippen LogP contribution is 2.32. The zero-order valence-electron chi connectivity index (χ0n) is 15.0. The summed E-state index contributed by atoms with van der Waals surface area (Å²) in [5.41, 5.74) is 1.45. The monoisotopic (exact) mass is 378 g/mol. The maximum absolute atomic E-state index is 13.1. The number of benzene rings is 3. The average Bonchev–Trinajstić information content (AvgIpc) is 2.67. The Hall–Kier alpha value is -3.12. The van der Waals surface area contributed by atoms with Gasteiger partial charge in [-0.3, -0.25) is 4.98 Å². The van der Waals surface area contributed by atoms with E-state index in [2.05, 4.69) is 4.98 Å². The molecule has 0 saturated heterocycles. The smallest absolute Gasteiger partial charge is 0.339 e. The molecule has 4 aromatic rings. The van der Waals surface area contributed by atoms with Crippen LogP contribution in [-0.2, 0) is 10.1 Å². The number of para-hydroxylation sites is 1. The highest BCUT2D eigenvalue weighted by atomic mass is 32.2. The number of fused-ring (bicyclic) bond motifs is 2. The number of hydrogen-bond acceptors (Lipinski definition) is 5. The number of nitrogens with zero attached hydrogens (tertiary/aromatic N) is 2. The third-order valence-electron chi connectivity index (χ3n) is 4.41. The minimum Gasteiger partial charge on any atom is -0.377 e. The molecule has 1 aromatic heterocycles. The normalized spacial score (nSPS) is 11.6. The van der Waals surface area contributed by atoms with Crippen LogP contribution in [0.3, 0.4) is 0 Å². The number of hydrogen-bond donors (Lipinski definition) is 0. The Morgan fingerprint density at radius 1 is 0.852 bits per heavy atom. The molecule has 6 heteroatoms. The van der Waals surface area contributed by atoms with Crippen molar-refractivity contribution in [3.63, 3.8) is 0 Å². The Balaban J connectivity index is 1.86. The second-order valence-corrected chi connectivity index (χ2v) is 7.91. The van der Waals surface area contributed by atoms with E-state index in [4.69, 9.17) is 4.18 Å². The summed E-state index contributed by atoms with van der Waals surface area (Å²) in [6.45, 7) is 0. The highest BCUT2D eigenvalue weighted by molar-refractivity contribution is 7.87. The molecule has 0 aliphatic carbocycles. The molecule has 1 heterocycles. The van der Waals surface area contributed by atoms with Gasteiger partial charge in [-0.25, -0.2) is 0 Å². The maximum atomic E-state index is 13.1. The van der Waals surface area contributed by atoms with E-state index in [1.807, 2.05) is 49.3 Å². The molecule has 27 heavy (non-hydrogen) atoms. The van der Waals surface area contributed by atoms with Gasteiger partial charge in [0.2, 0.25) is 0 Å². The summed E-state index contributed by atoms with van der Waals surface area (Å²) in [7, 11) is -0.183. The van der Waals surface area contributed by atoms with E-state index in [0.29, 0.717) is 10.9 Å². The van der Waals surface area contributed by atoms with E-state index in [1.54, 1.807) is 42.6 Å². The van der Waals surface area contributed by atoms with Crippen LogP contribution < -0.4 is 9.08 Å². The van der Waals surface area contributed by atoms with Crippen LogP contribution in [0.2, 0.25) is 0 Å². The third kappa shape index (κ3) is 3.08. The molecular formula is C21H18N2O3S. The van der Waals surface area contributed by atoms with Crippen molar-refractivity contribution in [2.75, 3.05) is 19.0 Å². The lowest BCUT2D eigenvalue weighted by atomic mass is 10.1. The molecule has 5 nitrogen and oxygen atoms in total. The zero-order chi connectivity index (χ0) is 19.0. The van der Waals surface area contributed by atoms with Crippen LogP contribution in [0.5, 0.6) is 5.75 Å². The Morgan fingerprint density at radius 3 is 2.37 bits per heavy atom. The molecule has 0 aliphatic rings. The molecular weight excluding hydrogens is 360 g/mol. The molecule has 0 atom stereocenters. The summed E-state index contributed by atoms with van der Waals surface area (Å²) in [5.74, 6) is 0.217. The van der Waals surface area contributed by atoms with Crippen LogP contribution in [-0.4, -0.2) is 27.5 Å². The molecule has 0 amide bonds. The van der Waals surface area contributed by atoms with E-state index in [-0.39, 0.29) is 10.6 Å². The van der Waals surface area contributed by atoms with Crippen molar-refractivity contribution >= 4 is 37.5 Å². The fraction of sp³-hybridized carbons (Fsp3) is 0.0952. The summed E-state index contributed by atoms with van der Waals surface area (Å²) in [6, 6.07) is 19.7. The SMILES string of the molecule is CN(C)c1cccc2c(S(=O)(=O)Oc3cccc4cccnc34)cccc12. The van der Waals surface area contributed by atoms with Crippen LogP contribution in [0.1, 0.15) is 0 Å². The number of anilines is 1. The standard InChI is InChI=1S/C21H18N2O3S/c1-23(2)18-11-4-10-17-16(18)9-5-13-20(17)27(24,25)26-19-12-3-7-15-8-6-14-22-21(15)19/h3-14H,1-2H3. The van der Waals surface area contributed by atoms with Gasteiger partial charge in [-0.15, -0.1) is 0 Å². The molecule has 0 N–H and O–H groups in total. The number of pyridine rings is 1. The lowest BCUT2D eigenvalue weighted by Gasteiger charge is -2.17. The van der Waals surface area contributed by atoms with Gasteiger partial charge >= 0.3 is 10.1 Å². The molecule has 0 unspecified atom stereocenters. The van der Waals surface area contributed by atoms with Crippen molar-refractivity contribution in [1.29, 1.82) is 0 Å². The molecule has 0 fully saturated rings. The largest absolute Gasteiger partial charge is 0.377 e. The topological polar surface area (TPSA) is 59.5 Å². The van der Waals surface area contributed by atoms with Crippen LogP contribution in [0.4, 0.5) is 5.69 Å². The molecule has 3 aromatic carbocycles. The second kappa shape index (κ2) is 6.55. The van der Waals surface area contributed by atoms with E-state index in [1.165, 1.54) is 0 Å². The molecule has 4 rings (SSSR count). The Morgan fingerprint density at radius 2 is 1.56 bits per heavy atom. The van der Waals surface area contributed by atoms with Gasteiger partial charge in [-0.1, -0.05) is 42.5 Å². The number of rotatable bonds is 4. The van der Waals surface area contributed by atoms with Gasteiger partial charge in [0.25, 0.3) is 0 Å². The van der Waals surface area contributed by atoms with Crippen molar-refractivity contribution in [1.82, 2.24) is 4.98 Å². The van der Waals surface area contributed by atoms with Gasteiger partial charge in [0.1, 0.15) is 10.4 Å². The first-order chi connectivity index (χ1) is 13.0.